The molecule has 1 amide bonds. The van der Waals surface area contributed by atoms with Crippen LogP contribution in [-0.4, -0.2) is 25.7 Å². The number of carbonyl (C=O) groups excluding carboxylic acids is 1. The van der Waals surface area contributed by atoms with E-state index in [0.29, 0.717) is 18.1 Å². The SMILES string of the molecule is Cn1nccc1Nc1nccc(-c2ccc3c(c2)C(=O)NC3)n1. The van der Waals surface area contributed by atoms with Crippen LogP contribution in [0, 0.1) is 0 Å². The van der Waals surface area contributed by atoms with Crippen molar-refractivity contribution in [2.24, 2.45) is 7.05 Å². The topological polar surface area (TPSA) is 84.7 Å². The van der Waals surface area contributed by atoms with E-state index >= 15 is 0 Å². The van der Waals surface area contributed by atoms with Gasteiger partial charge in [0, 0.05) is 37.0 Å². The minimum absolute atomic E-state index is 0.0378. The average molecular weight is 306 g/mol. The number of aryl methyl sites for hydroxylation is 1. The largest absolute Gasteiger partial charge is 0.348 e. The van der Waals surface area contributed by atoms with Gasteiger partial charge in [0.25, 0.3) is 5.91 Å². The van der Waals surface area contributed by atoms with Gasteiger partial charge in [-0.2, -0.15) is 5.10 Å². The first-order valence-electron chi connectivity index (χ1n) is 7.20. The van der Waals surface area contributed by atoms with Gasteiger partial charge in [0.2, 0.25) is 5.95 Å². The van der Waals surface area contributed by atoms with Crippen LogP contribution in [0.5, 0.6) is 0 Å². The summed E-state index contributed by atoms with van der Waals surface area (Å²) in [7, 11) is 1.84. The summed E-state index contributed by atoms with van der Waals surface area (Å²) in [5.74, 6) is 1.25. The monoisotopic (exact) mass is 306 g/mol. The summed E-state index contributed by atoms with van der Waals surface area (Å²) >= 11 is 0. The van der Waals surface area contributed by atoms with Crippen molar-refractivity contribution in [2.75, 3.05) is 5.32 Å². The Kier molecular flexibility index (Phi) is 3.04. The van der Waals surface area contributed by atoms with Crippen LogP contribution in [0.25, 0.3) is 11.3 Å². The van der Waals surface area contributed by atoms with Gasteiger partial charge in [0.05, 0.1) is 11.9 Å². The fourth-order valence-corrected chi connectivity index (χ4v) is 2.56. The first-order chi connectivity index (χ1) is 11.2. The van der Waals surface area contributed by atoms with Gasteiger partial charge < -0.3 is 10.6 Å². The number of hydrogen-bond acceptors (Lipinski definition) is 5. The van der Waals surface area contributed by atoms with Crippen molar-refractivity contribution in [3.05, 3.63) is 53.9 Å². The van der Waals surface area contributed by atoms with Crippen molar-refractivity contribution in [1.29, 1.82) is 0 Å². The zero-order valence-electron chi connectivity index (χ0n) is 12.4. The van der Waals surface area contributed by atoms with E-state index in [0.717, 1.165) is 22.6 Å². The maximum Gasteiger partial charge on any atom is 0.251 e. The number of amides is 1. The number of fused-ring (bicyclic) bond motifs is 1. The lowest BCUT2D eigenvalue weighted by atomic mass is 10.0. The molecule has 0 unspecified atom stereocenters. The molecule has 0 aliphatic carbocycles. The molecule has 2 aromatic heterocycles. The van der Waals surface area contributed by atoms with Gasteiger partial charge in [-0.05, 0) is 17.7 Å². The molecule has 0 saturated carbocycles. The van der Waals surface area contributed by atoms with Crippen molar-refractivity contribution in [3.8, 4) is 11.3 Å². The highest BCUT2D eigenvalue weighted by Crippen LogP contribution is 2.24. The van der Waals surface area contributed by atoms with Crippen LogP contribution < -0.4 is 10.6 Å². The number of carbonyl (C=O) groups is 1. The molecule has 2 N–H and O–H groups in total. The molecule has 0 bridgehead atoms. The summed E-state index contributed by atoms with van der Waals surface area (Å²) < 4.78 is 1.70. The summed E-state index contributed by atoms with van der Waals surface area (Å²) in [4.78, 5) is 20.5. The Morgan fingerprint density at radius 3 is 2.96 bits per heavy atom. The van der Waals surface area contributed by atoms with Gasteiger partial charge in [0.1, 0.15) is 5.82 Å². The Labute approximate surface area is 132 Å². The minimum atomic E-state index is -0.0378. The van der Waals surface area contributed by atoms with E-state index in [-0.39, 0.29) is 5.91 Å². The van der Waals surface area contributed by atoms with E-state index in [9.17, 15) is 4.79 Å². The summed E-state index contributed by atoms with van der Waals surface area (Å²) in [5, 5.41) is 10.0. The highest BCUT2D eigenvalue weighted by atomic mass is 16.1. The predicted molar refractivity (Wildman–Crippen MR) is 85.1 cm³/mol. The number of nitrogens with zero attached hydrogens (tertiary/aromatic N) is 4. The molecular weight excluding hydrogens is 292 g/mol. The zero-order chi connectivity index (χ0) is 15.8. The summed E-state index contributed by atoms with van der Waals surface area (Å²) in [6, 6.07) is 9.46. The third kappa shape index (κ3) is 2.42. The van der Waals surface area contributed by atoms with Crippen LogP contribution in [0.2, 0.25) is 0 Å². The predicted octanol–water partition coefficient (Wildman–Crippen LogP) is 1.86. The maximum atomic E-state index is 11.8. The van der Waals surface area contributed by atoms with Gasteiger partial charge >= 0.3 is 0 Å². The van der Waals surface area contributed by atoms with Crippen LogP contribution in [0.15, 0.2) is 42.7 Å². The molecular formula is C16H14N6O. The van der Waals surface area contributed by atoms with E-state index in [2.05, 4.69) is 25.7 Å². The standard InChI is InChI=1S/C16H14N6O/c1-22-14(5-7-19-22)21-16-17-6-4-13(20-16)10-2-3-11-9-18-15(23)12(11)8-10/h2-8H,9H2,1H3,(H,18,23)(H,17,20,21). The maximum absolute atomic E-state index is 11.8. The van der Waals surface area contributed by atoms with Crippen LogP contribution in [0.3, 0.4) is 0 Å². The molecule has 7 nitrogen and oxygen atoms in total. The van der Waals surface area contributed by atoms with Gasteiger partial charge in [-0.15, -0.1) is 0 Å². The second-order valence-electron chi connectivity index (χ2n) is 5.29. The lowest BCUT2D eigenvalue weighted by Crippen LogP contribution is -2.12. The molecule has 0 radical (unpaired) electrons. The molecule has 0 atom stereocenters. The number of nitrogens with one attached hydrogen (secondary N) is 2. The number of benzene rings is 1. The van der Waals surface area contributed by atoms with Crippen molar-refractivity contribution < 1.29 is 4.79 Å². The van der Waals surface area contributed by atoms with E-state index in [1.54, 1.807) is 17.1 Å². The summed E-state index contributed by atoms with van der Waals surface area (Å²) in [6.07, 6.45) is 3.39. The second-order valence-corrected chi connectivity index (χ2v) is 5.29. The molecule has 0 saturated heterocycles. The molecule has 0 spiro atoms. The Morgan fingerprint density at radius 1 is 1.22 bits per heavy atom. The zero-order valence-corrected chi connectivity index (χ0v) is 12.4. The van der Waals surface area contributed by atoms with Gasteiger partial charge in [-0.3, -0.25) is 9.48 Å². The van der Waals surface area contributed by atoms with Crippen molar-refractivity contribution in [2.45, 2.75) is 6.54 Å². The molecule has 23 heavy (non-hydrogen) atoms. The highest BCUT2D eigenvalue weighted by Gasteiger charge is 2.19. The van der Waals surface area contributed by atoms with Crippen LogP contribution in [-0.2, 0) is 13.6 Å². The molecule has 3 aromatic rings. The first-order valence-corrected chi connectivity index (χ1v) is 7.20. The smallest absolute Gasteiger partial charge is 0.251 e. The third-order valence-corrected chi connectivity index (χ3v) is 3.81. The average Bonchev–Trinajstić information content (AvgIpc) is 3.14. The molecule has 4 rings (SSSR count). The van der Waals surface area contributed by atoms with E-state index in [1.807, 2.05) is 37.4 Å². The quantitative estimate of drug-likeness (QED) is 0.771. The Morgan fingerprint density at radius 2 is 2.13 bits per heavy atom. The third-order valence-electron chi connectivity index (χ3n) is 3.81. The molecule has 1 aliphatic rings. The Bertz CT molecular complexity index is 901. The fourth-order valence-electron chi connectivity index (χ4n) is 2.56. The van der Waals surface area contributed by atoms with E-state index in [4.69, 9.17) is 0 Å². The molecule has 1 aliphatic heterocycles. The molecule has 1 aromatic carbocycles. The number of hydrogen-bond donors (Lipinski definition) is 2. The highest BCUT2D eigenvalue weighted by molar-refractivity contribution is 5.99. The minimum Gasteiger partial charge on any atom is -0.348 e. The molecule has 0 fully saturated rings. The van der Waals surface area contributed by atoms with E-state index in [1.165, 1.54) is 0 Å². The molecule has 3 heterocycles. The number of aromatic nitrogens is 4. The van der Waals surface area contributed by atoms with Gasteiger partial charge in [0.15, 0.2) is 0 Å². The lowest BCUT2D eigenvalue weighted by Gasteiger charge is -2.07. The lowest BCUT2D eigenvalue weighted by molar-refractivity contribution is 0.0966. The van der Waals surface area contributed by atoms with Crippen molar-refractivity contribution in [3.63, 3.8) is 0 Å². The Hall–Kier alpha value is -3.22. The van der Waals surface area contributed by atoms with Crippen LogP contribution >= 0.6 is 0 Å². The fraction of sp³-hybridized carbons (Fsp3) is 0.125. The number of anilines is 2. The van der Waals surface area contributed by atoms with Crippen molar-refractivity contribution >= 4 is 17.7 Å². The first kappa shape index (κ1) is 13.4. The summed E-state index contributed by atoms with van der Waals surface area (Å²) in [5.41, 5.74) is 3.37. The van der Waals surface area contributed by atoms with Gasteiger partial charge in [-0.25, -0.2) is 9.97 Å². The second kappa shape index (κ2) is 5.20. The van der Waals surface area contributed by atoms with Gasteiger partial charge in [-0.1, -0.05) is 12.1 Å². The van der Waals surface area contributed by atoms with Crippen LogP contribution in [0.4, 0.5) is 11.8 Å². The Balaban J connectivity index is 1.68. The summed E-state index contributed by atoms with van der Waals surface area (Å²) in [6.45, 7) is 0.589. The number of rotatable bonds is 3. The van der Waals surface area contributed by atoms with Crippen molar-refractivity contribution in [1.82, 2.24) is 25.1 Å². The molecule has 114 valence electrons. The molecule has 7 heteroatoms. The van der Waals surface area contributed by atoms with Crippen LogP contribution in [0.1, 0.15) is 15.9 Å². The normalized spacial score (nSPS) is 12.8. The van der Waals surface area contributed by atoms with E-state index < -0.39 is 0 Å².